The molecule has 5 aromatic rings. The Labute approximate surface area is 224 Å². The van der Waals surface area contributed by atoms with Crippen LogP contribution < -0.4 is 9.64 Å². The summed E-state index contributed by atoms with van der Waals surface area (Å²) in [6, 6.07) is 26.7. The van der Waals surface area contributed by atoms with Gasteiger partial charge in [-0.3, -0.25) is 0 Å². The van der Waals surface area contributed by atoms with Crippen LogP contribution in [0.4, 0.5) is 5.69 Å². The second kappa shape index (κ2) is 9.79. The number of halogens is 1. The van der Waals surface area contributed by atoms with E-state index < -0.39 is 16.0 Å². The summed E-state index contributed by atoms with van der Waals surface area (Å²) in [7, 11) is -3.83. The number of sulfonamides is 1. The minimum atomic E-state index is -3.83. The van der Waals surface area contributed by atoms with E-state index in [1.165, 1.54) is 22.5 Å². The van der Waals surface area contributed by atoms with Crippen molar-refractivity contribution < 1.29 is 22.4 Å². The number of carbonyl (C=O) groups is 1. The Morgan fingerprint density at radius 3 is 2.29 bits per heavy atom. The third-order valence-electron chi connectivity index (χ3n) is 6.71. The zero-order chi connectivity index (χ0) is 26.3. The number of anilines is 1. The summed E-state index contributed by atoms with van der Waals surface area (Å²) in [6.07, 6.45) is 0. The smallest absolute Gasteiger partial charge is 0.345 e. The lowest BCUT2D eigenvalue weighted by Gasteiger charge is -2.35. The average molecular weight is 547 g/mol. The van der Waals surface area contributed by atoms with Crippen LogP contribution in [0.15, 0.2) is 100 Å². The van der Waals surface area contributed by atoms with Gasteiger partial charge in [-0.25, -0.2) is 13.2 Å². The molecule has 38 heavy (non-hydrogen) atoms. The van der Waals surface area contributed by atoms with Gasteiger partial charge in [-0.1, -0.05) is 48.0 Å². The molecule has 1 aliphatic rings. The van der Waals surface area contributed by atoms with E-state index in [1.54, 1.807) is 18.2 Å². The second-order valence-electron chi connectivity index (χ2n) is 9.01. The largest absolute Gasteiger partial charge is 0.456 e. The molecule has 1 aromatic heterocycles. The highest BCUT2D eigenvalue weighted by atomic mass is 35.5. The Bertz CT molecular complexity index is 1760. The first kappa shape index (κ1) is 24.5. The van der Waals surface area contributed by atoms with Gasteiger partial charge >= 0.3 is 5.97 Å². The fraction of sp³-hybridized carbons (Fsp3) is 0.138. The van der Waals surface area contributed by atoms with Crippen LogP contribution in [0.1, 0.15) is 10.4 Å². The molecule has 1 aliphatic heterocycles. The van der Waals surface area contributed by atoms with Gasteiger partial charge < -0.3 is 14.1 Å². The maximum absolute atomic E-state index is 13.4. The van der Waals surface area contributed by atoms with Gasteiger partial charge in [0.1, 0.15) is 16.9 Å². The second-order valence-corrected chi connectivity index (χ2v) is 11.4. The van der Waals surface area contributed by atoms with E-state index in [0.717, 1.165) is 22.0 Å². The highest BCUT2D eigenvalue weighted by Crippen LogP contribution is 2.32. The zero-order valence-corrected chi connectivity index (χ0v) is 21.8. The molecule has 0 bridgehead atoms. The lowest BCUT2D eigenvalue weighted by Crippen LogP contribution is -2.48. The summed E-state index contributed by atoms with van der Waals surface area (Å²) in [5.41, 5.74) is 2.44. The fourth-order valence-electron chi connectivity index (χ4n) is 4.73. The summed E-state index contributed by atoms with van der Waals surface area (Å²) in [5.74, 6) is -0.441. The Morgan fingerprint density at radius 1 is 0.789 bits per heavy atom. The van der Waals surface area contributed by atoms with Crippen molar-refractivity contribution in [1.29, 1.82) is 0 Å². The number of nitrogens with zero attached hydrogens (tertiary/aromatic N) is 2. The molecule has 1 fully saturated rings. The van der Waals surface area contributed by atoms with Gasteiger partial charge in [0, 0.05) is 42.6 Å². The third-order valence-corrected chi connectivity index (χ3v) is 8.94. The van der Waals surface area contributed by atoms with E-state index in [-0.39, 0.29) is 15.5 Å². The van der Waals surface area contributed by atoms with Gasteiger partial charge in [-0.15, -0.1) is 0 Å². The normalized spacial score (nSPS) is 14.7. The number of ether oxygens (including phenoxy) is 1. The molecule has 9 heteroatoms. The van der Waals surface area contributed by atoms with Crippen LogP contribution in [-0.2, 0) is 10.0 Å². The molecular weight excluding hydrogens is 524 g/mol. The zero-order valence-electron chi connectivity index (χ0n) is 20.2. The Hall–Kier alpha value is -3.85. The van der Waals surface area contributed by atoms with Crippen molar-refractivity contribution >= 4 is 55.2 Å². The minimum absolute atomic E-state index is 0.00158. The molecule has 192 valence electrons. The first-order chi connectivity index (χ1) is 18.4. The predicted octanol–water partition coefficient (Wildman–Crippen LogP) is 5.97. The highest BCUT2D eigenvalue weighted by Gasteiger charge is 2.30. The topological polar surface area (TPSA) is 80.1 Å². The quantitative estimate of drug-likeness (QED) is 0.200. The maximum Gasteiger partial charge on any atom is 0.345 e. The van der Waals surface area contributed by atoms with Crippen molar-refractivity contribution in [3.63, 3.8) is 0 Å². The lowest BCUT2D eigenvalue weighted by atomic mass is 10.1. The number of para-hydroxylation sites is 2. The van der Waals surface area contributed by atoms with Gasteiger partial charge in [0.05, 0.1) is 15.5 Å². The van der Waals surface area contributed by atoms with E-state index in [9.17, 15) is 13.2 Å². The van der Waals surface area contributed by atoms with Crippen LogP contribution in [0.3, 0.4) is 0 Å². The molecule has 2 heterocycles. The van der Waals surface area contributed by atoms with Crippen LogP contribution in [0.25, 0.3) is 21.9 Å². The number of esters is 1. The molecule has 0 radical (unpaired) electrons. The number of hydrogen-bond acceptors (Lipinski definition) is 6. The van der Waals surface area contributed by atoms with Crippen molar-refractivity contribution in [3.05, 3.63) is 102 Å². The molecule has 0 amide bonds. The standard InChI is InChI=1S/C29H23ClN2O5S/c30-26-12-11-22(38(34,35)32-16-14-31(15-17-32)20-6-2-1-3-7-20)19-25(26)29(33)36-21-10-13-28-24(18-21)23-8-4-5-9-27(23)37-28/h1-13,18-19H,14-17H2. The molecule has 0 saturated carbocycles. The average Bonchev–Trinajstić information content (AvgIpc) is 3.32. The van der Waals surface area contributed by atoms with E-state index in [2.05, 4.69) is 4.90 Å². The van der Waals surface area contributed by atoms with Crippen LogP contribution in [0.2, 0.25) is 5.02 Å². The molecule has 0 N–H and O–H groups in total. The van der Waals surface area contributed by atoms with Crippen molar-refractivity contribution in [3.8, 4) is 5.75 Å². The number of fused-ring (bicyclic) bond motifs is 3. The highest BCUT2D eigenvalue weighted by molar-refractivity contribution is 7.89. The number of benzene rings is 4. The molecule has 1 saturated heterocycles. The molecule has 0 unspecified atom stereocenters. The molecular formula is C29H23ClN2O5S. The van der Waals surface area contributed by atoms with Gasteiger partial charge in [-0.2, -0.15) is 4.31 Å². The lowest BCUT2D eigenvalue weighted by molar-refractivity contribution is 0.0735. The predicted molar refractivity (Wildman–Crippen MR) is 148 cm³/mol. The SMILES string of the molecule is O=C(Oc1ccc2oc3ccccc3c2c1)c1cc(S(=O)(=O)N2CCN(c3ccccc3)CC2)ccc1Cl. The van der Waals surface area contributed by atoms with Crippen molar-refractivity contribution in [2.45, 2.75) is 4.90 Å². The summed E-state index contributed by atoms with van der Waals surface area (Å²) >= 11 is 6.30. The van der Waals surface area contributed by atoms with Crippen LogP contribution >= 0.6 is 11.6 Å². The molecule has 0 spiro atoms. The van der Waals surface area contributed by atoms with E-state index in [1.807, 2.05) is 54.6 Å². The first-order valence-corrected chi connectivity index (χ1v) is 14.0. The van der Waals surface area contributed by atoms with Crippen molar-refractivity contribution in [2.24, 2.45) is 0 Å². The summed E-state index contributed by atoms with van der Waals surface area (Å²) in [6.45, 7) is 1.80. The van der Waals surface area contributed by atoms with Crippen molar-refractivity contribution in [1.82, 2.24) is 4.31 Å². The van der Waals surface area contributed by atoms with Gasteiger partial charge in [0.15, 0.2) is 0 Å². The molecule has 4 aromatic carbocycles. The number of hydrogen-bond donors (Lipinski definition) is 0. The van der Waals surface area contributed by atoms with Gasteiger partial charge in [-0.05, 0) is 54.6 Å². The van der Waals surface area contributed by atoms with Crippen LogP contribution in [-0.4, -0.2) is 44.9 Å². The molecule has 0 aliphatic carbocycles. The van der Waals surface area contributed by atoms with Gasteiger partial charge in [0.2, 0.25) is 10.0 Å². The Kier molecular flexibility index (Phi) is 6.31. The summed E-state index contributed by atoms with van der Waals surface area (Å²) in [4.78, 5) is 15.2. The molecule has 0 atom stereocenters. The van der Waals surface area contributed by atoms with Crippen LogP contribution in [0.5, 0.6) is 5.75 Å². The Balaban J connectivity index is 1.22. The number of furan rings is 1. The minimum Gasteiger partial charge on any atom is -0.456 e. The van der Waals surface area contributed by atoms with E-state index in [0.29, 0.717) is 37.5 Å². The number of piperazine rings is 1. The number of rotatable bonds is 5. The van der Waals surface area contributed by atoms with Crippen LogP contribution in [0, 0.1) is 0 Å². The van der Waals surface area contributed by atoms with Gasteiger partial charge in [0.25, 0.3) is 0 Å². The molecule has 7 nitrogen and oxygen atoms in total. The van der Waals surface area contributed by atoms with E-state index >= 15 is 0 Å². The monoisotopic (exact) mass is 546 g/mol. The maximum atomic E-state index is 13.4. The summed E-state index contributed by atoms with van der Waals surface area (Å²) < 4.78 is 39.7. The van der Waals surface area contributed by atoms with E-state index in [4.69, 9.17) is 20.8 Å². The Morgan fingerprint density at radius 2 is 1.50 bits per heavy atom. The third kappa shape index (κ3) is 4.51. The number of carbonyl (C=O) groups excluding carboxylic acids is 1. The first-order valence-electron chi connectivity index (χ1n) is 12.1. The fourth-order valence-corrected chi connectivity index (χ4v) is 6.37. The van der Waals surface area contributed by atoms with Crippen molar-refractivity contribution in [2.75, 3.05) is 31.1 Å². The molecule has 6 rings (SSSR count). The summed E-state index contributed by atoms with van der Waals surface area (Å²) in [5, 5.41) is 1.82.